The van der Waals surface area contributed by atoms with Crippen LogP contribution in [0.4, 0.5) is 4.79 Å². The van der Waals surface area contributed by atoms with Crippen LogP contribution >= 0.6 is 11.3 Å². The highest BCUT2D eigenvalue weighted by atomic mass is 32.1. The van der Waals surface area contributed by atoms with Gasteiger partial charge >= 0.3 is 6.09 Å². The third-order valence-electron chi connectivity index (χ3n) is 3.43. The molecule has 2 aromatic rings. The van der Waals surface area contributed by atoms with Gasteiger partial charge in [-0.15, -0.1) is 11.3 Å². The average molecular weight is 313 g/mol. The summed E-state index contributed by atoms with van der Waals surface area (Å²) in [5, 5.41) is 1.94. The van der Waals surface area contributed by atoms with E-state index in [1.165, 1.54) is 0 Å². The molecule has 0 radical (unpaired) electrons. The van der Waals surface area contributed by atoms with Crippen LogP contribution < -0.4 is 0 Å². The molecular weight excluding hydrogens is 298 g/mol. The van der Waals surface area contributed by atoms with Gasteiger partial charge in [-0.1, -0.05) is 24.3 Å². The lowest BCUT2D eigenvalue weighted by molar-refractivity contribution is 0.0792. The number of benzene rings is 1. The van der Waals surface area contributed by atoms with E-state index in [1.54, 1.807) is 49.4 Å². The molecule has 0 unspecified atom stereocenters. The first-order valence-corrected chi connectivity index (χ1v) is 7.75. The fraction of sp³-hybridized carbons (Fsp3) is 0.176. The molecule has 22 heavy (non-hydrogen) atoms. The van der Waals surface area contributed by atoms with Crippen molar-refractivity contribution >= 4 is 29.4 Å². The molecule has 2 amide bonds. The van der Waals surface area contributed by atoms with Crippen molar-refractivity contribution in [3.05, 3.63) is 64.0 Å². The van der Waals surface area contributed by atoms with Gasteiger partial charge in [-0.05, 0) is 43.5 Å². The molecule has 1 aromatic heterocycles. The molecule has 1 fully saturated rings. The molecule has 0 N–H and O–H groups in total. The molecule has 112 valence electrons. The van der Waals surface area contributed by atoms with Gasteiger partial charge in [0, 0.05) is 10.4 Å². The highest BCUT2D eigenvalue weighted by Crippen LogP contribution is 2.36. The smallest absolute Gasteiger partial charge is 0.422 e. The molecule has 0 aliphatic carbocycles. The van der Waals surface area contributed by atoms with Crippen molar-refractivity contribution in [1.29, 1.82) is 0 Å². The molecule has 4 nitrogen and oxygen atoms in total. The minimum Gasteiger partial charge on any atom is -0.436 e. The van der Waals surface area contributed by atoms with E-state index in [9.17, 15) is 9.59 Å². The number of imide groups is 1. The molecule has 1 aromatic carbocycles. The van der Waals surface area contributed by atoms with E-state index >= 15 is 0 Å². The Bertz CT molecular complexity index is 733. The van der Waals surface area contributed by atoms with Gasteiger partial charge in [0.2, 0.25) is 0 Å². The van der Waals surface area contributed by atoms with Gasteiger partial charge in [0.05, 0.1) is 5.70 Å². The second kappa shape index (κ2) is 5.42. The Kier molecular flexibility index (Phi) is 3.58. The molecule has 0 atom stereocenters. The number of nitrogens with zero attached hydrogens (tertiary/aromatic N) is 1. The van der Waals surface area contributed by atoms with E-state index in [4.69, 9.17) is 4.74 Å². The quantitative estimate of drug-likeness (QED) is 0.836. The zero-order valence-corrected chi connectivity index (χ0v) is 13.1. The highest BCUT2D eigenvalue weighted by molar-refractivity contribution is 7.10. The summed E-state index contributed by atoms with van der Waals surface area (Å²) in [5.41, 5.74) is 0.161. The SMILES string of the molecule is CC1(C)OC(=O)N(C(=O)c2ccccc2)/C1=C\c1cccs1. The first-order valence-electron chi connectivity index (χ1n) is 6.87. The number of hydrogen-bond acceptors (Lipinski definition) is 4. The van der Waals surface area contributed by atoms with Gasteiger partial charge in [-0.3, -0.25) is 4.79 Å². The minimum absolute atomic E-state index is 0.376. The maximum atomic E-state index is 12.7. The predicted molar refractivity (Wildman–Crippen MR) is 85.5 cm³/mol. The number of rotatable bonds is 2. The third-order valence-corrected chi connectivity index (χ3v) is 4.25. The predicted octanol–water partition coefficient (Wildman–Crippen LogP) is 4.16. The van der Waals surface area contributed by atoms with Crippen molar-refractivity contribution in [3.8, 4) is 0 Å². The first kappa shape index (κ1) is 14.5. The number of hydrogen-bond donors (Lipinski definition) is 0. The Morgan fingerprint density at radius 1 is 1.18 bits per heavy atom. The summed E-state index contributed by atoms with van der Waals surface area (Å²) in [7, 11) is 0. The van der Waals surface area contributed by atoms with Crippen molar-refractivity contribution in [2.24, 2.45) is 0 Å². The van der Waals surface area contributed by atoms with Crippen molar-refractivity contribution in [1.82, 2.24) is 4.90 Å². The number of carbonyl (C=O) groups is 2. The zero-order valence-electron chi connectivity index (χ0n) is 12.3. The van der Waals surface area contributed by atoms with Crippen LogP contribution in [0.5, 0.6) is 0 Å². The van der Waals surface area contributed by atoms with Crippen LogP contribution in [-0.4, -0.2) is 22.5 Å². The first-order chi connectivity index (χ1) is 10.5. The monoisotopic (exact) mass is 313 g/mol. The summed E-state index contributed by atoms with van der Waals surface area (Å²) < 4.78 is 5.37. The summed E-state index contributed by atoms with van der Waals surface area (Å²) in [6.07, 6.45) is 1.19. The second-order valence-electron chi connectivity index (χ2n) is 5.43. The van der Waals surface area contributed by atoms with E-state index < -0.39 is 11.7 Å². The normalized spacial score (nSPS) is 18.5. The molecule has 0 bridgehead atoms. The van der Waals surface area contributed by atoms with Crippen LogP contribution in [0.2, 0.25) is 0 Å². The Hall–Kier alpha value is -2.40. The molecule has 2 heterocycles. The van der Waals surface area contributed by atoms with Crippen LogP contribution in [-0.2, 0) is 4.74 Å². The standard InChI is InChI=1S/C17H15NO3S/c1-17(2)14(11-13-9-6-10-22-13)18(16(20)21-17)15(19)12-7-4-3-5-8-12/h3-11H,1-2H3/b14-11-. The van der Waals surface area contributed by atoms with Gasteiger partial charge in [0.25, 0.3) is 5.91 Å². The zero-order chi connectivity index (χ0) is 15.7. The summed E-state index contributed by atoms with van der Waals surface area (Å²) in [4.78, 5) is 26.9. The summed E-state index contributed by atoms with van der Waals surface area (Å²) in [6, 6.07) is 12.6. The lowest BCUT2D eigenvalue weighted by Gasteiger charge is -2.19. The Morgan fingerprint density at radius 2 is 1.91 bits per heavy atom. The Labute approximate surface area is 132 Å². The van der Waals surface area contributed by atoms with E-state index in [-0.39, 0.29) is 5.91 Å². The van der Waals surface area contributed by atoms with Crippen LogP contribution in [0.15, 0.2) is 53.5 Å². The van der Waals surface area contributed by atoms with Crippen LogP contribution in [0.1, 0.15) is 29.1 Å². The second-order valence-corrected chi connectivity index (χ2v) is 6.41. The number of ether oxygens (including phenoxy) is 1. The van der Waals surface area contributed by atoms with Crippen LogP contribution in [0.3, 0.4) is 0 Å². The van der Waals surface area contributed by atoms with Gasteiger partial charge in [-0.25, -0.2) is 9.69 Å². The van der Waals surface area contributed by atoms with Crippen molar-refractivity contribution in [3.63, 3.8) is 0 Å². The summed E-state index contributed by atoms with van der Waals surface area (Å²) in [6.45, 7) is 3.56. The van der Waals surface area contributed by atoms with Gasteiger partial charge in [-0.2, -0.15) is 0 Å². The molecule has 1 aliphatic heterocycles. The fourth-order valence-corrected chi connectivity index (χ4v) is 2.98. The number of carbonyl (C=O) groups excluding carboxylic acids is 2. The lowest BCUT2D eigenvalue weighted by Crippen LogP contribution is -2.32. The maximum Gasteiger partial charge on any atom is 0.422 e. The molecule has 3 rings (SSSR count). The van der Waals surface area contributed by atoms with E-state index in [0.29, 0.717) is 11.3 Å². The van der Waals surface area contributed by atoms with E-state index in [0.717, 1.165) is 9.78 Å². The fourth-order valence-electron chi connectivity index (χ4n) is 2.33. The molecule has 1 saturated heterocycles. The van der Waals surface area contributed by atoms with E-state index in [1.807, 2.05) is 29.7 Å². The van der Waals surface area contributed by atoms with Crippen molar-refractivity contribution in [2.75, 3.05) is 0 Å². The molecule has 1 aliphatic rings. The topological polar surface area (TPSA) is 46.6 Å². The number of amides is 2. The molecule has 5 heteroatoms. The summed E-state index contributed by atoms with van der Waals surface area (Å²) in [5.74, 6) is -0.376. The van der Waals surface area contributed by atoms with Crippen LogP contribution in [0.25, 0.3) is 6.08 Å². The Morgan fingerprint density at radius 3 is 2.55 bits per heavy atom. The van der Waals surface area contributed by atoms with Crippen molar-refractivity contribution in [2.45, 2.75) is 19.4 Å². The molecular formula is C17H15NO3S. The van der Waals surface area contributed by atoms with Gasteiger partial charge in [0.15, 0.2) is 0 Å². The Balaban J connectivity index is 2.04. The highest BCUT2D eigenvalue weighted by Gasteiger charge is 2.46. The maximum absolute atomic E-state index is 12.7. The largest absolute Gasteiger partial charge is 0.436 e. The minimum atomic E-state index is -0.842. The lowest BCUT2D eigenvalue weighted by atomic mass is 10.0. The van der Waals surface area contributed by atoms with Gasteiger partial charge < -0.3 is 4.74 Å². The summed E-state index contributed by atoms with van der Waals surface area (Å²) >= 11 is 1.54. The number of thiophene rings is 1. The molecule has 0 spiro atoms. The molecule has 0 saturated carbocycles. The van der Waals surface area contributed by atoms with Crippen molar-refractivity contribution < 1.29 is 14.3 Å². The average Bonchev–Trinajstić information content (AvgIpc) is 3.06. The van der Waals surface area contributed by atoms with Crippen LogP contribution in [0, 0.1) is 0 Å². The van der Waals surface area contributed by atoms with Gasteiger partial charge in [0.1, 0.15) is 5.60 Å². The van der Waals surface area contributed by atoms with E-state index in [2.05, 4.69) is 0 Å². The third kappa shape index (κ3) is 2.55. The number of cyclic esters (lactones) is 1.